The van der Waals surface area contributed by atoms with Gasteiger partial charge in [-0.1, -0.05) is 37.1 Å². The first kappa shape index (κ1) is 10.6. The van der Waals surface area contributed by atoms with Crippen molar-refractivity contribution in [2.45, 2.75) is 37.6 Å². The second-order valence-electron chi connectivity index (χ2n) is 4.52. The molecule has 15 heavy (non-hydrogen) atoms. The number of benzene rings is 1. The average molecular weight is 207 g/mol. The molecule has 0 spiro atoms. The van der Waals surface area contributed by atoms with Gasteiger partial charge in [-0.25, -0.2) is 0 Å². The highest BCUT2D eigenvalue weighted by atomic mass is 19.1. The number of hydrogen-bond acceptors (Lipinski definition) is 1. The van der Waals surface area contributed by atoms with Gasteiger partial charge in [0.1, 0.15) is 0 Å². The number of alkyl halides is 1. The predicted molar refractivity (Wildman–Crippen MR) is 60.5 cm³/mol. The van der Waals surface area contributed by atoms with Crippen molar-refractivity contribution in [3.63, 3.8) is 0 Å². The maximum absolute atomic E-state index is 13.2. The summed E-state index contributed by atoms with van der Waals surface area (Å²) < 4.78 is 13.2. The smallest absolute Gasteiger partial charge is 0.0990 e. The van der Waals surface area contributed by atoms with Crippen molar-refractivity contribution in [1.29, 1.82) is 0 Å². The highest BCUT2D eigenvalue weighted by Crippen LogP contribution is 2.41. The summed E-state index contributed by atoms with van der Waals surface area (Å²) in [5, 5.41) is 0. The summed E-state index contributed by atoms with van der Waals surface area (Å²) in [6.07, 6.45) is 4.29. The molecule has 0 amide bonds. The predicted octanol–water partition coefficient (Wildman–Crippen LogP) is 2.93. The first-order chi connectivity index (χ1) is 7.30. The van der Waals surface area contributed by atoms with Crippen molar-refractivity contribution in [2.24, 2.45) is 5.73 Å². The van der Waals surface area contributed by atoms with Crippen LogP contribution in [0, 0.1) is 0 Å². The van der Waals surface area contributed by atoms with Crippen LogP contribution in [-0.2, 0) is 12.0 Å². The Kier molecular flexibility index (Phi) is 3.06. The van der Waals surface area contributed by atoms with E-state index in [0.717, 1.165) is 36.8 Å². The van der Waals surface area contributed by atoms with Crippen LogP contribution in [0.25, 0.3) is 0 Å². The molecule has 82 valence electrons. The van der Waals surface area contributed by atoms with Gasteiger partial charge in [-0.2, -0.15) is 0 Å². The Morgan fingerprint density at radius 3 is 2.20 bits per heavy atom. The fourth-order valence-corrected chi connectivity index (χ4v) is 2.55. The molecular weight excluding hydrogens is 189 g/mol. The summed E-state index contributed by atoms with van der Waals surface area (Å²) in [7, 11) is 0. The van der Waals surface area contributed by atoms with Gasteiger partial charge in [0.15, 0.2) is 0 Å². The molecule has 1 aliphatic rings. The molecule has 2 rings (SSSR count). The second-order valence-corrected chi connectivity index (χ2v) is 4.52. The lowest BCUT2D eigenvalue weighted by Gasteiger charge is -2.26. The van der Waals surface area contributed by atoms with Crippen molar-refractivity contribution < 1.29 is 4.39 Å². The lowest BCUT2D eigenvalue weighted by atomic mass is 9.80. The summed E-state index contributed by atoms with van der Waals surface area (Å²) in [4.78, 5) is 0. The Morgan fingerprint density at radius 1 is 1.13 bits per heavy atom. The van der Waals surface area contributed by atoms with E-state index in [1.807, 2.05) is 24.3 Å². The van der Waals surface area contributed by atoms with Crippen LogP contribution in [-0.4, -0.2) is 6.67 Å². The molecule has 2 N–H and O–H groups in total. The third kappa shape index (κ3) is 1.91. The van der Waals surface area contributed by atoms with Gasteiger partial charge in [0.05, 0.1) is 6.67 Å². The van der Waals surface area contributed by atoms with Crippen molar-refractivity contribution in [3.8, 4) is 0 Å². The Morgan fingerprint density at radius 2 is 1.73 bits per heavy atom. The van der Waals surface area contributed by atoms with Crippen molar-refractivity contribution in [1.82, 2.24) is 0 Å². The van der Waals surface area contributed by atoms with Crippen LogP contribution in [0.4, 0.5) is 4.39 Å². The third-order valence-corrected chi connectivity index (χ3v) is 3.62. The summed E-state index contributed by atoms with van der Waals surface area (Å²) in [6.45, 7) is 0.331. The lowest BCUT2D eigenvalue weighted by Crippen LogP contribution is -2.24. The molecule has 2 heteroatoms. The van der Waals surface area contributed by atoms with Gasteiger partial charge in [-0.3, -0.25) is 4.39 Å². The third-order valence-electron chi connectivity index (χ3n) is 3.62. The molecule has 1 saturated carbocycles. The SMILES string of the molecule is NCc1ccc(C2(CF)CCCC2)cc1. The normalized spacial score (nSPS) is 19.3. The van der Waals surface area contributed by atoms with Crippen molar-refractivity contribution in [2.75, 3.05) is 6.67 Å². The van der Waals surface area contributed by atoms with E-state index >= 15 is 0 Å². The standard InChI is InChI=1S/C13H18FN/c14-10-13(7-1-2-8-13)12-5-3-11(9-15)4-6-12/h3-6H,1-2,7-10,15H2. The summed E-state index contributed by atoms with van der Waals surface area (Å²) in [5.74, 6) is 0. The van der Waals surface area contributed by atoms with E-state index in [9.17, 15) is 4.39 Å². The minimum absolute atomic E-state index is 0.187. The molecule has 0 radical (unpaired) electrons. The Bertz CT molecular complexity index is 312. The number of hydrogen-bond donors (Lipinski definition) is 1. The molecule has 1 aromatic rings. The molecule has 0 heterocycles. The van der Waals surface area contributed by atoms with Crippen LogP contribution in [0.2, 0.25) is 0 Å². The van der Waals surface area contributed by atoms with E-state index in [-0.39, 0.29) is 12.1 Å². The quantitative estimate of drug-likeness (QED) is 0.810. The molecular formula is C13H18FN. The van der Waals surface area contributed by atoms with Gasteiger partial charge in [-0.15, -0.1) is 0 Å². The van der Waals surface area contributed by atoms with E-state index in [0.29, 0.717) is 6.54 Å². The zero-order valence-electron chi connectivity index (χ0n) is 9.01. The van der Waals surface area contributed by atoms with Crippen molar-refractivity contribution in [3.05, 3.63) is 35.4 Å². The molecule has 0 atom stereocenters. The van der Waals surface area contributed by atoms with Crippen LogP contribution < -0.4 is 5.73 Å². The maximum Gasteiger partial charge on any atom is 0.0990 e. The van der Waals surface area contributed by atoms with Gasteiger partial charge < -0.3 is 5.73 Å². The highest BCUT2D eigenvalue weighted by molar-refractivity contribution is 5.30. The van der Waals surface area contributed by atoms with Crippen LogP contribution in [0.3, 0.4) is 0 Å². The molecule has 0 aromatic heterocycles. The minimum Gasteiger partial charge on any atom is -0.326 e. The Labute approximate surface area is 90.5 Å². The minimum atomic E-state index is -0.227. The molecule has 1 aromatic carbocycles. The zero-order chi connectivity index (χ0) is 10.7. The average Bonchev–Trinajstić information content (AvgIpc) is 2.79. The van der Waals surface area contributed by atoms with Gasteiger partial charge in [0, 0.05) is 12.0 Å². The fraction of sp³-hybridized carbons (Fsp3) is 0.538. The topological polar surface area (TPSA) is 26.0 Å². The zero-order valence-corrected chi connectivity index (χ0v) is 9.01. The van der Waals surface area contributed by atoms with Gasteiger partial charge in [0.25, 0.3) is 0 Å². The summed E-state index contributed by atoms with van der Waals surface area (Å²) >= 11 is 0. The monoisotopic (exact) mass is 207 g/mol. The van der Waals surface area contributed by atoms with Crippen LogP contribution in [0.15, 0.2) is 24.3 Å². The van der Waals surface area contributed by atoms with Crippen LogP contribution in [0.5, 0.6) is 0 Å². The largest absolute Gasteiger partial charge is 0.326 e. The van der Waals surface area contributed by atoms with Crippen LogP contribution in [0.1, 0.15) is 36.8 Å². The summed E-state index contributed by atoms with van der Waals surface area (Å²) in [6, 6.07) is 8.14. The van der Waals surface area contributed by atoms with E-state index in [1.54, 1.807) is 0 Å². The maximum atomic E-state index is 13.2. The molecule has 0 unspecified atom stereocenters. The molecule has 1 nitrogen and oxygen atoms in total. The molecule has 0 saturated heterocycles. The highest BCUT2D eigenvalue weighted by Gasteiger charge is 2.35. The fourth-order valence-electron chi connectivity index (χ4n) is 2.55. The van der Waals surface area contributed by atoms with Gasteiger partial charge in [-0.05, 0) is 24.0 Å². The van der Waals surface area contributed by atoms with Crippen molar-refractivity contribution >= 4 is 0 Å². The molecule has 1 aliphatic carbocycles. The number of rotatable bonds is 3. The van der Waals surface area contributed by atoms with E-state index in [1.165, 1.54) is 0 Å². The van der Waals surface area contributed by atoms with E-state index < -0.39 is 0 Å². The number of nitrogens with two attached hydrogens (primary N) is 1. The molecule has 0 aliphatic heterocycles. The lowest BCUT2D eigenvalue weighted by molar-refractivity contribution is 0.309. The Hall–Kier alpha value is -0.890. The van der Waals surface area contributed by atoms with E-state index in [4.69, 9.17) is 5.73 Å². The molecule has 1 fully saturated rings. The van der Waals surface area contributed by atoms with Gasteiger partial charge in [0.2, 0.25) is 0 Å². The summed E-state index contributed by atoms with van der Waals surface area (Å²) in [5.41, 5.74) is 7.63. The Balaban J connectivity index is 2.26. The first-order valence-corrected chi connectivity index (χ1v) is 5.66. The second kappa shape index (κ2) is 4.31. The first-order valence-electron chi connectivity index (χ1n) is 5.66. The number of halogens is 1. The van der Waals surface area contributed by atoms with Crippen LogP contribution >= 0.6 is 0 Å². The van der Waals surface area contributed by atoms with E-state index in [2.05, 4.69) is 0 Å². The van der Waals surface area contributed by atoms with Gasteiger partial charge >= 0.3 is 0 Å². The molecule has 0 bridgehead atoms.